The highest BCUT2D eigenvalue weighted by molar-refractivity contribution is 7.13. The van der Waals surface area contributed by atoms with Crippen LogP contribution in [0.5, 0.6) is 0 Å². The summed E-state index contributed by atoms with van der Waals surface area (Å²) in [6.45, 7) is 1.67. The summed E-state index contributed by atoms with van der Waals surface area (Å²) in [4.78, 5) is 36.8. The summed E-state index contributed by atoms with van der Waals surface area (Å²) >= 11 is 7.41. The van der Waals surface area contributed by atoms with Gasteiger partial charge >= 0.3 is 0 Å². The monoisotopic (exact) mass is 503 g/mol. The van der Waals surface area contributed by atoms with Gasteiger partial charge < -0.3 is 30.7 Å². The second kappa shape index (κ2) is 9.27. The molecule has 4 atom stereocenters. The number of aromatic nitrogens is 2. The maximum absolute atomic E-state index is 13.0. The predicted octanol–water partition coefficient (Wildman–Crippen LogP) is 1.68. The van der Waals surface area contributed by atoms with Crippen molar-refractivity contribution in [1.82, 2.24) is 25.5 Å². The summed E-state index contributed by atoms with van der Waals surface area (Å²) in [7, 11) is 2.03. The summed E-state index contributed by atoms with van der Waals surface area (Å²) < 4.78 is 0. The fraction of sp³-hybridized carbons (Fsp3) is 0.435. The van der Waals surface area contributed by atoms with Crippen molar-refractivity contribution in [2.75, 3.05) is 13.6 Å². The lowest BCUT2D eigenvalue weighted by Crippen LogP contribution is -2.59. The molecule has 9 nitrogen and oxygen atoms in total. The third-order valence-corrected chi connectivity index (χ3v) is 7.81. The van der Waals surface area contributed by atoms with Gasteiger partial charge in [-0.15, -0.1) is 11.3 Å². The van der Waals surface area contributed by atoms with Gasteiger partial charge in [-0.1, -0.05) is 11.6 Å². The Morgan fingerprint density at radius 2 is 1.85 bits per heavy atom. The quantitative estimate of drug-likeness (QED) is 0.368. The van der Waals surface area contributed by atoms with Crippen LogP contribution in [-0.2, 0) is 13.0 Å². The molecule has 0 bridgehead atoms. The molecule has 2 aliphatic rings. The molecular weight excluding hydrogens is 478 g/mol. The molecule has 3 aromatic rings. The number of benzene rings is 1. The van der Waals surface area contributed by atoms with Crippen LogP contribution in [0.2, 0.25) is 5.02 Å². The van der Waals surface area contributed by atoms with E-state index in [2.05, 4.69) is 25.5 Å². The highest BCUT2D eigenvalue weighted by atomic mass is 35.5. The number of likely N-dealkylation sites (N-methyl/N-ethyl adjacent to an activating group) is 1. The molecule has 0 radical (unpaired) electrons. The third kappa shape index (κ3) is 4.69. The molecule has 4 unspecified atom stereocenters. The minimum Gasteiger partial charge on any atom is -0.390 e. The number of aromatic amines is 1. The van der Waals surface area contributed by atoms with E-state index in [4.69, 9.17) is 11.6 Å². The molecular formula is C23H26ClN5O4S. The number of nitrogens with one attached hydrogen (secondary N) is 3. The number of nitrogens with zero attached hydrogens (tertiary/aromatic N) is 2. The van der Waals surface area contributed by atoms with E-state index in [0.717, 1.165) is 41.0 Å². The zero-order chi connectivity index (χ0) is 24.0. The Hall–Kier alpha value is -2.50. The molecule has 5 N–H and O–H groups in total. The predicted molar refractivity (Wildman–Crippen MR) is 129 cm³/mol. The Balaban J connectivity index is 1.31. The Morgan fingerprint density at radius 1 is 1.15 bits per heavy atom. The molecule has 1 aliphatic carbocycles. The number of hydrogen-bond donors (Lipinski definition) is 5. The van der Waals surface area contributed by atoms with Crippen LogP contribution in [0, 0.1) is 0 Å². The molecule has 0 spiro atoms. The zero-order valence-electron chi connectivity index (χ0n) is 18.5. The lowest BCUT2D eigenvalue weighted by atomic mass is 9.86. The third-order valence-electron chi connectivity index (χ3n) is 6.50. The number of aliphatic hydroxyl groups excluding tert-OH is 2. The number of H-pyrrole nitrogens is 1. The van der Waals surface area contributed by atoms with Gasteiger partial charge in [-0.05, 0) is 44.2 Å². The number of rotatable bonds is 4. The van der Waals surface area contributed by atoms with E-state index < -0.39 is 24.3 Å². The lowest BCUT2D eigenvalue weighted by Gasteiger charge is -2.37. The second-order valence-electron chi connectivity index (χ2n) is 9.06. The van der Waals surface area contributed by atoms with E-state index in [1.807, 2.05) is 7.05 Å². The number of fused-ring (bicyclic) bond motifs is 2. The summed E-state index contributed by atoms with van der Waals surface area (Å²) in [5.41, 5.74) is 2.08. The molecule has 0 saturated heterocycles. The van der Waals surface area contributed by atoms with E-state index >= 15 is 0 Å². The molecule has 2 amide bonds. The van der Waals surface area contributed by atoms with E-state index in [0.29, 0.717) is 15.7 Å². The number of amides is 2. The minimum atomic E-state index is -0.998. The molecule has 5 rings (SSSR count). The Bertz CT molecular complexity index is 1240. The van der Waals surface area contributed by atoms with Crippen molar-refractivity contribution in [2.24, 2.45) is 0 Å². The summed E-state index contributed by atoms with van der Waals surface area (Å²) in [6.07, 6.45) is -0.954. The van der Waals surface area contributed by atoms with Crippen LogP contribution in [0.15, 0.2) is 24.3 Å². The topological polar surface area (TPSA) is 131 Å². The standard InChI is InChI=1S/C23H26ClN5O4S/c1-29-5-4-14-20(10-29)34-23(28-14)22(33)27-16-9-19(31)18(30)8-15(16)26-21(32)17-7-11-6-12(24)2-3-13(11)25-17/h2-3,6-7,15-16,18-19,25,30-31H,4-5,8-10H2,1H3,(H,26,32)(H,27,33). The zero-order valence-corrected chi connectivity index (χ0v) is 20.1. The van der Waals surface area contributed by atoms with E-state index in [1.165, 1.54) is 11.3 Å². The van der Waals surface area contributed by atoms with Crippen LogP contribution in [0.25, 0.3) is 10.9 Å². The maximum atomic E-state index is 13.0. The highest BCUT2D eigenvalue weighted by Crippen LogP contribution is 2.26. The van der Waals surface area contributed by atoms with Crippen LogP contribution in [0.3, 0.4) is 0 Å². The number of thiazole rings is 1. The molecule has 34 heavy (non-hydrogen) atoms. The van der Waals surface area contributed by atoms with Crippen molar-refractivity contribution in [3.8, 4) is 0 Å². The van der Waals surface area contributed by atoms with Gasteiger partial charge in [0.15, 0.2) is 5.01 Å². The van der Waals surface area contributed by atoms with Crippen LogP contribution in [-0.4, -0.2) is 74.8 Å². The first kappa shape index (κ1) is 23.3. The van der Waals surface area contributed by atoms with Crippen molar-refractivity contribution < 1.29 is 19.8 Å². The Labute approximate surface area is 205 Å². The van der Waals surface area contributed by atoms with Crippen molar-refractivity contribution >= 4 is 45.7 Å². The van der Waals surface area contributed by atoms with Gasteiger partial charge in [-0.25, -0.2) is 4.98 Å². The SMILES string of the molecule is CN1CCc2nc(C(=O)NC3CC(O)C(O)CC3NC(=O)c3cc4cc(Cl)ccc4[nH]3)sc2C1. The number of halogens is 1. The highest BCUT2D eigenvalue weighted by Gasteiger charge is 2.38. The fourth-order valence-electron chi connectivity index (χ4n) is 4.60. The smallest absolute Gasteiger partial charge is 0.280 e. The van der Waals surface area contributed by atoms with Crippen LogP contribution < -0.4 is 10.6 Å². The fourth-order valence-corrected chi connectivity index (χ4v) is 5.88. The van der Waals surface area contributed by atoms with Gasteiger partial charge in [0.2, 0.25) is 0 Å². The number of aliphatic hydroxyl groups is 2. The summed E-state index contributed by atoms with van der Waals surface area (Å²) in [5.74, 6) is -0.706. The van der Waals surface area contributed by atoms with E-state index in [-0.39, 0.29) is 24.7 Å². The van der Waals surface area contributed by atoms with Gasteiger partial charge in [-0.2, -0.15) is 0 Å². The average molecular weight is 504 g/mol. The largest absolute Gasteiger partial charge is 0.390 e. The maximum Gasteiger partial charge on any atom is 0.280 e. The first-order chi connectivity index (χ1) is 16.3. The van der Waals surface area contributed by atoms with Gasteiger partial charge in [0.1, 0.15) is 5.69 Å². The normalized spacial score (nSPS) is 25.2. The van der Waals surface area contributed by atoms with E-state index in [1.54, 1.807) is 24.3 Å². The van der Waals surface area contributed by atoms with Crippen LogP contribution >= 0.6 is 22.9 Å². The first-order valence-corrected chi connectivity index (χ1v) is 12.4. The first-order valence-electron chi connectivity index (χ1n) is 11.2. The summed E-state index contributed by atoms with van der Waals surface area (Å²) in [6, 6.07) is 5.88. The van der Waals surface area contributed by atoms with Crippen molar-refractivity contribution in [1.29, 1.82) is 0 Å². The molecule has 1 aromatic carbocycles. The van der Waals surface area contributed by atoms with Crippen LogP contribution in [0.4, 0.5) is 0 Å². The molecule has 2 aromatic heterocycles. The van der Waals surface area contributed by atoms with Crippen molar-refractivity contribution in [3.05, 3.63) is 50.6 Å². The lowest BCUT2D eigenvalue weighted by molar-refractivity contribution is -0.0275. The molecule has 1 fully saturated rings. The molecule has 11 heteroatoms. The molecule has 3 heterocycles. The van der Waals surface area contributed by atoms with Gasteiger partial charge in [-0.3, -0.25) is 9.59 Å². The molecule has 1 aliphatic heterocycles. The minimum absolute atomic E-state index is 0.114. The number of hydrogen-bond acceptors (Lipinski definition) is 7. The molecule has 1 saturated carbocycles. The Kier molecular flexibility index (Phi) is 6.34. The van der Waals surface area contributed by atoms with E-state index in [9.17, 15) is 19.8 Å². The van der Waals surface area contributed by atoms with Gasteiger partial charge in [0.25, 0.3) is 11.8 Å². The average Bonchev–Trinajstić information content (AvgIpc) is 3.40. The van der Waals surface area contributed by atoms with Crippen molar-refractivity contribution in [3.63, 3.8) is 0 Å². The van der Waals surface area contributed by atoms with Crippen LogP contribution in [0.1, 0.15) is 43.7 Å². The second-order valence-corrected chi connectivity index (χ2v) is 10.6. The summed E-state index contributed by atoms with van der Waals surface area (Å²) in [5, 5.41) is 28.1. The molecule has 180 valence electrons. The number of carbonyl (C=O) groups is 2. The van der Waals surface area contributed by atoms with Crippen molar-refractivity contribution in [2.45, 2.75) is 50.1 Å². The Morgan fingerprint density at radius 3 is 2.59 bits per heavy atom. The van der Waals surface area contributed by atoms with Gasteiger partial charge in [0, 0.05) is 40.3 Å². The van der Waals surface area contributed by atoms with Gasteiger partial charge in [0.05, 0.1) is 30.0 Å². The number of carbonyl (C=O) groups excluding carboxylic acids is 2.